The van der Waals surface area contributed by atoms with Crippen LogP contribution in [0.3, 0.4) is 0 Å². The van der Waals surface area contributed by atoms with Gasteiger partial charge in [0.15, 0.2) is 0 Å². The van der Waals surface area contributed by atoms with Gasteiger partial charge in [-0.2, -0.15) is 0 Å². The van der Waals surface area contributed by atoms with Crippen molar-refractivity contribution in [2.45, 2.75) is 31.8 Å². The van der Waals surface area contributed by atoms with Crippen LogP contribution in [0.2, 0.25) is 0 Å². The summed E-state index contributed by atoms with van der Waals surface area (Å²) in [6, 6.07) is 25.2. The average Bonchev–Trinajstić information content (AvgIpc) is 2.79. The lowest BCUT2D eigenvalue weighted by Gasteiger charge is -2.36. The molecular formula is C27H24N2. The van der Waals surface area contributed by atoms with Gasteiger partial charge in [0.05, 0.1) is 0 Å². The Hall–Kier alpha value is -2.97. The maximum atomic E-state index is 4.38. The topological polar surface area (TPSA) is 16.1 Å². The smallest absolute Gasteiger partial charge is 0.0366 e. The number of pyridine rings is 1. The van der Waals surface area contributed by atoms with E-state index < -0.39 is 0 Å². The molecule has 0 radical (unpaired) electrons. The van der Waals surface area contributed by atoms with E-state index >= 15 is 0 Å². The second-order valence-corrected chi connectivity index (χ2v) is 8.35. The lowest BCUT2D eigenvalue weighted by atomic mass is 9.91. The Morgan fingerprint density at radius 3 is 2.41 bits per heavy atom. The molecule has 6 rings (SSSR count). The summed E-state index contributed by atoms with van der Waals surface area (Å²) in [4.78, 5) is 7.04. The molecule has 1 aliphatic heterocycles. The number of likely N-dealkylation sites (tertiary alicyclic amines) is 1. The van der Waals surface area contributed by atoms with E-state index in [9.17, 15) is 0 Å². The number of hydrogen-bond donors (Lipinski definition) is 0. The first-order valence-electron chi connectivity index (χ1n) is 10.7. The summed E-state index contributed by atoms with van der Waals surface area (Å²) in [6.07, 6.45) is 7.72. The van der Waals surface area contributed by atoms with Gasteiger partial charge in [-0.1, -0.05) is 67.1 Å². The normalized spacial score (nSPS) is 18.1. The first-order chi connectivity index (χ1) is 14.4. The van der Waals surface area contributed by atoms with E-state index in [-0.39, 0.29) is 0 Å². The van der Waals surface area contributed by atoms with Crippen LogP contribution in [0.4, 0.5) is 0 Å². The Morgan fingerprint density at radius 2 is 1.59 bits per heavy atom. The van der Waals surface area contributed by atoms with Crippen LogP contribution in [0.25, 0.3) is 32.3 Å². The molecular weight excluding hydrogens is 352 g/mol. The summed E-state index contributed by atoms with van der Waals surface area (Å²) < 4.78 is 0. The minimum absolute atomic E-state index is 0.469. The van der Waals surface area contributed by atoms with E-state index in [0.29, 0.717) is 6.04 Å². The highest BCUT2D eigenvalue weighted by Crippen LogP contribution is 2.38. The molecule has 2 heteroatoms. The number of benzene rings is 4. The number of rotatable bonds is 3. The van der Waals surface area contributed by atoms with Gasteiger partial charge in [-0.15, -0.1) is 0 Å². The molecule has 29 heavy (non-hydrogen) atoms. The molecule has 0 saturated carbocycles. The molecule has 4 aromatic carbocycles. The molecule has 0 amide bonds. The molecule has 2 nitrogen and oxygen atoms in total. The van der Waals surface area contributed by atoms with Crippen LogP contribution in [-0.4, -0.2) is 16.4 Å². The summed E-state index contributed by atoms with van der Waals surface area (Å²) in [5, 5.41) is 8.26. The van der Waals surface area contributed by atoms with Crippen molar-refractivity contribution in [1.29, 1.82) is 0 Å². The van der Waals surface area contributed by atoms with Gasteiger partial charge >= 0.3 is 0 Å². The highest BCUT2D eigenvalue weighted by Gasteiger charge is 2.25. The fourth-order valence-corrected chi connectivity index (χ4v) is 5.28. The van der Waals surface area contributed by atoms with Crippen molar-refractivity contribution in [2.24, 2.45) is 0 Å². The van der Waals surface area contributed by atoms with E-state index in [1.807, 2.05) is 12.4 Å². The molecule has 1 fully saturated rings. The number of piperidine rings is 1. The predicted molar refractivity (Wildman–Crippen MR) is 121 cm³/mol. The number of hydrogen-bond acceptors (Lipinski definition) is 2. The average molecular weight is 377 g/mol. The Morgan fingerprint density at radius 1 is 0.793 bits per heavy atom. The van der Waals surface area contributed by atoms with Crippen molar-refractivity contribution < 1.29 is 0 Å². The van der Waals surface area contributed by atoms with Gasteiger partial charge in [0.2, 0.25) is 0 Å². The van der Waals surface area contributed by atoms with Crippen LogP contribution in [0.1, 0.15) is 36.4 Å². The second-order valence-electron chi connectivity index (χ2n) is 8.35. The van der Waals surface area contributed by atoms with Gasteiger partial charge < -0.3 is 0 Å². The predicted octanol–water partition coefficient (Wildman–Crippen LogP) is 6.71. The first kappa shape index (κ1) is 16.9. The Balaban J connectivity index is 1.47. The van der Waals surface area contributed by atoms with Crippen molar-refractivity contribution >= 4 is 32.3 Å². The van der Waals surface area contributed by atoms with Crippen LogP contribution in [-0.2, 0) is 6.54 Å². The third-order valence-corrected chi connectivity index (χ3v) is 6.68. The molecule has 2 heterocycles. The van der Waals surface area contributed by atoms with Crippen LogP contribution in [0, 0.1) is 0 Å². The Labute approximate surface area is 171 Å². The summed E-state index contributed by atoms with van der Waals surface area (Å²) >= 11 is 0. The van der Waals surface area contributed by atoms with Gasteiger partial charge in [-0.25, -0.2) is 0 Å². The highest BCUT2D eigenvalue weighted by molar-refractivity contribution is 6.23. The molecule has 0 spiro atoms. The van der Waals surface area contributed by atoms with Crippen molar-refractivity contribution in [2.75, 3.05) is 6.54 Å². The maximum absolute atomic E-state index is 4.38. The molecule has 142 valence electrons. The van der Waals surface area contributed by atoms with Gasteiger partial charge in [0, 0.05) is 25.0 Å². The van der Waals surface area contributed by atoms with Crippen LogP contribution < -0.4 is 0 Å². The van der Waals surface area contributed by atoms with E-state index in [4.69, 9.17) is 0 Å². The Bertz CT molecular complexity index is 1280. The fraction of sp³-hybridized carbons (Fsp3) is 0.222. The third kappa shape index (κ3) is 2.79. The summed E-state index contributed by atoms with van der Waals surface area (Å²) in [5.41, 5.74) is 2.79. The molecule has 0 bridgehead atoms. The lowest BCUT2D eigenvalue weighted by molar-refractivity contribution is 0.141. The van der Waals surface area contributed by atoms with Crippen LogP contribution in [0.5, 0.6) is 0 Å². The number of aromatic nitrogens is 1. The van der Waals surface area contributed by atoms with E-state index in [1.54, 1.807) is 0 Å². The van der Waals surface area contributed by atoms with E-state index in [2.05, 4.69) is 76.6 Å². The lowest BCUT2D eigenvalue weighted by Crippen LogP contribution is -2.33. The van der Waals surface area contributed by atoms with Gasteiger partial charge in [-0.05, 0) is 68.9 Å². The van der Waals surface area contributed by atoms with Crippen molar-refractivity contribution in [3.05, 3.63) is 90.3 Å². The van der Waals surface area contributed by atoms with Gasteiger partial charge in [0.25, 0.3) is 0 Å². The van der Waals surface area contributed by atoms with Crippen LogP contribution >= 0.6 is 0 Å². The van der Waals surface area contributed by atoms with Crippen molar-refractivity contribution in [1.82, 2.24) is 9.88 Å². The highest BCUT2D eigenvalue weighted by atomic mass is 15.2. The largest absolute Gasteiger partial charge is 0.292 e. The van der Waals surface area contributed by atoms with Crippen molar-refractivity contribution in [3.63, 3.8) is 0 Å². The zero-order chi connectivity index (χ0) is 19.2. The minimum atomic E-state index is 0.469. The summed E-state index contributed by atoms with van der Waals surface area (Å²) in [6.45, 7) is 2.15. The van der Waals surface area contributed by atoms with Gasteiger partial charge in [-0.3, -0.25) is 9.88 Å². The zero-order valence-electron chi connectivity index (χ0n) is 16.5. The summed E-state index contributed by atoms with van der Waals surface area (Å²) in [5.74, 6) is 0. The Kier molecular flexibility index (Phi) is 3.98. The molecule has 1 aromatic heterocycles. The monoisotopic (exact) mass is 376 g/mol. The SMILES string of the molecule is c1cncc([C@@H]2CCCCN2Cc2ccc3ccc4cccc5ccc2c3c45)c1. The van der Waals surface area contributed by atoms with Crippen molar-refractivity contribution in [3.8, 4) is 0 Å². The molecule has 1 saturated heterocycles. The quantitative estimate of drug-likeness (QED) is 0.325. The first-order valence-corrected chi connectivity index (χ1v) is 10.7. The third-order valence-electron chi connectivity index (χ3n) is 6.68. The molecule has 1 aliphatic rings. The standard InChI is InChI=1S/C27H24N2/c1-2-16-29(25(8-1)22-7-4-15-28-17-22)18-23-12-11-21-10-9-19-5-3-6-20-13-14-24(23)27(21)26(19)20/h3-7,9-15,17,25H,1-2,8,16,18H2/t25-/m0/s1. The van der Waals surface area contributed by atoms with E-state index in [0.717, 1.165) is 13.1 Å². The number of nitrogens with zero attached hydrogens (tertiary/aromatic N) is 2. The summed E-state index contributed by atoms with van der Waals surface area (Å²) in [7, 11) is 0. The zero-order valence-corrected chi connectivity index (χ0v) is 16.5. The fourth-order valence-electron chi connectivity index (χ4n) is 5.28. The molecule has 0 aliphatic carbocycles. The van der Waals surface area contributed by atoms with E-state index in [1.165, 1.54) is 62.7 Å². The molecule has 0 unspecified atom stereocenters. The van der Waals surface area contributed by atoms with Gasteiger partial charge in [0.1, 0.15) is 0 Å². The minimum Gasteiger partial charge on any atom is -0.292 e. The molecule has 5 aromatic rings. The van der Waals surface area contributed by atoms with Crippen LogP contribution in [0.15, 0.2) is 79.1 Å². The molecule has 0 N–H and O–H groups in total. The molecule has 1 atom stereocenters. The second kappa shape index (κ2) is 6.82. The maximum Gasteiger partial charge on any atom is 0.0366 e.